The molecule has 1 aromatic heterocycles. The minimum absolute atomic E-state index is 0. The highest BCUT2D eigenvalue weighted by atomic mass is 79.9. The molecule has 0 radical (unpaired) electrons. The molecule has 0 aliphatic carbocycles. The lowest BCUT2D eigenvalue weighted by atomic mass is 10.1. The summed E-state index contributed by atoms with van der Waals surface area (Å²) in [4.78, 5) is 14.7. The summed E-state index contributed by atoms with van der Waals surface area (Å²) in [5.41, 5.74) is 9.42. The Labute approximate surface area is 163 Å². The average Bonchev–Trinajstić information content (AvgIpc) is 3.09. The third kappa shape index (κ3) is 3.76. The summed E-state index contributed by atoms with van der Waals surface area (Å²) >= 11 is 3.54. The number of aryl methyl sites for hydroxylation is 1. The van der Waals surface area contributed by atoms with Gasteiger partial charge in [0.1, 0.15) is 0 Å². The predicted octanol–water partition coefficient (Wildman–Crippen LogP) is 3.48. The SMILES string of the molecule is Cc1nn(-c2ccc(C(=O)N3CC(CN)CC3C)cc2)c(C)c1Br.Cl. The first-order chi connectivity index (χ1) is 11.4. The molecule has 1 fully saturated rings. The number of hydrogen-bond acceptors (Lipinski definition) is 3. The average molecular weight is 428 g/mol. The van der Waals surface area contributed by atoms with E-state index in [2.05, 4.69) is 28.0 Å². The summed E-state index contributed by atoms with van der Waals surface area (Å²) in [5, 5.41) is 4.53. The highest BCUT2D eigenvalue weighted by Crippen LogP contribution is 2.26. The number of nitrogens with two attached hydrogens (primary N) is 1. The molecule has 0 saturated carbocycles. The first kappa shape index (κ1) is 19.9. The summed E-state index contributed by atoms with van der Waals surface area (Å²) in [7, 11) is 0. The number of aromatic nitrogens is 2. The lowest BCUT2D eigenvalue weighted by molar-refractivity contribution is 0.0743. The van der Waals surface area contributed by atoms with E-state index < -0.39 is 0 Å². The Kier molecular flexibility index (Phi) is 6.30. The Balaban J connectivity index is 0.00000225. The molecule has 2 unspecified atom stereocenters. The van der Waals surface area contributed by atoms with Crippen molar-refractivity contribution in [2.24, 2.45) is 11.7 Å². The van der Waals surface area contributed by atoms with Gasteiger partial charge in [0, 0.05) is 18.2 Å². The molecule has 1 saturated heterocycles. The number of hydrogen-bond donors (Lipinski definition) is 1. The molecule has 25 heavy (non-hydrogen) atoms. The quantitative estimate of drug-likeness (QED) is 0.815. The minimum Gasteiger partial charge on any atom is -0.336 e. The normalized spacial score (nSPS) is 19.8. The summed E-state index contributed by atoms with van der Waals surface area (Å²) in [5.74, 6) is 0.495. The Morgan fingerprint density at radius 1 is 1.32 bits per heavy atom. The molecule has 1 amide bonds. The molecule has 7 heteroatoms. The molecule has 2 atom stereocenters. The molecule has 3 rings (SSSR count). The number of likely N-dealkylation sites (tertiary alicyclic amines) is 1. The number of nitrogens with zero attached hydrogens (tertiary/aromatic N) is 3. The summed E-state index contributed by atoms with van der Waals surface area (Å²) < 4.78 is 2.90. The zero-order valence-corrected chi connectivity index (χ0v) is 17.1. The molecule has 0 spiro atoms. The second-order valence-corrected chi connectivity index (χ2v) is 7.38. The number of carbonyl (C=O) groups excluding carboxylic acids is 1. The second kappa shape index (κ2) is 7.89. The maximum atomic E-state index is 12.7. The number of carbonyl (C=O) groups is 1. The van der Waals surface area contributed by atoms with E-state index >= 15 is 0 Å². The van der Waals surface area contributed by atoms with E-state index in [9.17, 15) is 4.79 Å². The molecule has 5 nitrogen and oxygen atoms in total. The Hall–Kier alpha value is -1.37. The summed E-state index contributed by atoms with van der Waals surface area (Å²) in [6, 6.07) is 7.90. The van der Waals surface area contributed by atoms with E-state index in [1.165, 1.54) is 0 Å². The maximum absolute atomic E-state index is 12.7. The van der Waals surface area contributed by atoms with Crippen molar-refractivity contribution in [3.8, 4) is 5.69 Å². The van der Waals surface area contributed by atoms with Crippen molar-refractivity contribution in [1.29, 1.82) is 0 Å². The minimum atomic E-state index is 0. The first-order valence-corrected chi connectivity index (χ1v) is 9.04. The smallest absolute Gasteiger partial charge is 0.254 e. The van der Waals surface area contributed by atoms with Gasteiger partial charge in [0.05, 0.1) is 21.5 Å². The molecule has 1 aromatic carbocycles. The van der Waals surface area contributed by atoms with Gasteiger partial charge < -0.3 is 10.6 Å². The monoisotopic (exact) mass is 426 g/mol. The molecule has 0 bridgehead atoms. The van der Waals surface area contributed by atoms with Crippen LogP contribution in [-0.4, -0.2) is 39.7 Å². The molecule has 1 aliphatic rings. The van der Waals surface area contributed by atoms with E-state index in [0.717, 1.165) is 34.5 Å². The van der Waals surface area contributed by atoms with Crippen LogP contribution < -0.4 is 5.73 Å². The van der Waals surface area contributed by atoms with Crippen molar-refractivity contribution in [1.82, 2.24) is 14.7 Å². The predicted molar refractivity (Wildman–Crippen MR) is 106 cm³/mol. The van der Waals surface area contributed by atoms with Crippen molar-refractivity contribution < 1.29 is 4.79 Å². The van der Waals surface area contributed by atoms with Gasteiger partial charge in [0.25, 0.3) is 5.91 Å². The van der Waals surface area contributed by atoms with Gasteiger partial charge in [-0.3, -0.25) is 4.79 Å². The fourth-order valence-corrected chi connectivity index (χ4v) is 3.63. The number of amides is 1. The lowest BCUT2D eigenvalue weighted by Gasteiger charge is -2.21. The molecule has 1 aliphatic heterocycles. The lowest BCUT2D eigenvalue weighted by Crippen LogP contribution is -2.34. The fraction of sp³-hybridized carbons (Fsp3) is 0.444. The highest BCUT2D eigenvalue weighted by molar-refractivity contribution is 9.10. The number of halogens is 2. The largest absolute Gasteiger partial charge is 0.336 e. The van der Waals surface area contributed by atoms with Gasteiger partial charge in [0.2, 0.25) is 0 Å². The number of benzene rings is 1. The van der Waals surface area contributed by atoms with Crippen LogP contribution in [0, 0.1) is 19.8 Å². The van der Waals surface area contributed by atoms with Gasteiger partial charge in [-0.2, -0.15) is 5.10 Å². The van der Waals surface area contributed by atoms with Gasteiger partial charge >= 0.3 is 0 Å². The fourth-order valence-electron chi connectivity index (χ4n) is 3.38. The molecule has 2 N–H and O–H groups in total. The number of rotatable bonds is 3. The van der Waals surface area contributed by atoms with Crippen molar-refractivity contribution in [3.63, 3.8) is 0 Å². The van der Waals surface area contributed by atoms with E-state index in [-0.39, 0.29) is 24.4 Å². The Morgan fingerprint density at radius 3 is 2.44 bits per heavy atom. The van der Waals surface area contributed by atoms with Gasteiger partial charge in [-0.1, -0.05) is 0 Å². The molecular weight excluding hydrogens is 404 g/mol. The van der Waals surface area contributed by atoms with E-state index in [4.69, 9.17) is 5.73 Å². The van der Waals surface area contributed by atoms with Crippen LogP contribution in [-0.2, 0) is 0 Å². The zero-order valence-electron chi connectivity index (χ0n) is 14.7. The van der Waals surface area contributed by atoms with Crippen LogP contribution in [0.2, 0.25) is 0 Å². The highest BCUT2D eigenvalue weighted by Gasteiger charge is 2.32. The van der Waals surface area contributed by atoms with Crippen LogP contribution >= 0.6 is 28.3 Å². The van der Waals surface area contributed by atoms with Crippen molar-refractivity contribution in [2.75, 3.05) is 13.1 Å². The Morgan fingerprint density at radius 2 is 1.96 bits per heavy atom. The second-order valence-electron chi connectivity index (χ2n) is 6.59. The van der Waals surface area contributed by atoms with Crippen LogP contribution in [0.25, 0.3) is 5.69 Å². The summed E-state index contributed by atoms with van der Waals surface area (Å²) in [6.07, 6.45) is 0.986. The summed E-state index contributed by atoms with van der Waals surface area (Å²) in [6.45, 7) is 7.47. The van der Waals surface area contributed by atoms with Gasteiger partial charge in [0.15, 0.2) is 0 Å². The molecule has 136 valence electrons. The zero-order chi connectivity index (χ0) is 17.4. The van der Waals surface area contributed by atoms with Crippen LogP contribution in [0.15, 0.2) is 28.7 Å². The van der Waals surface area contributed by atoms with Crippen LogP contribution in [0.1, 0.15) is 35.1 Å². The van der Waals surface area contributed by atoms with Crippen molar-refractivity contribution in [3.05, 3.63) is 45.7 Å². The molecule has 2 aromatic rings. The van der Waals surface area contributed by atoms with Crippen molar-refractivity contribution >= 4 is 34.2 Å². The van der Waals surface area contributed by atoms with Crippen LogP contribution in [0.3, 0.4) is 0 Å². The van der Waals surface area contributed by atoms with Gasteiger partial charge in [-0.05, 0) is 79.9 Å². The third-order valence-corrected chi connectivity index (χ3v) is 5.97. The van der Waals surface area contributed by atoms with E-state index in [0.29, 0.717) is 18.0 Å². The standard InChI is InChI=1S/C18H23BrN4O.ClH/c1-11-8-14(9-20)10-22(11)18(24)15-4-6-16(7-5-15)23-13(3)17(19)12(2)21-23;/h4-7,11,14H,8-10,20H2,1-3H3;1H. The first-order valence-electron chi connectivity index (χ1n) is 8.25. The van der Waals surface area contributed by atoms with Gasteiger partial charge in [-0.15, -0.1) is 12.4 Å². The van der Waals surface area contributed by atoms with E-state index in [1.807, 2.05) is 47.7 Å². The topological polar surface area (TPSA) is 64.2 Å². The third-order valence-electron chi connectivity index (χ3n) is 4.82. The van der Waals surface area contributed by atoms with Crippen molar-refractivity contribution in [2.45, 2.75) is 33.2 Å². The molecular formula is C18H24BrClN4O. The van der Waals surface area contributed by atoms with E-state index in [1.54, 1.807) is 0 Å². The van der Waals surface area contributed by atoms with Crippen LogP contribution in [0.4, 0.5) is 0 Å². The Bertz CT molecular complexity index is 759. The van der Waals surface area contributed by atoms with Gasteiger partial charge in [-0.25, -0.2) is 4.68 Å². The van der Waals surface area contributed by atoms with Crippen LogP contribution in [0.5, 0.6) is 0 Å². The molecule has 2 heterocycles. The maximum Gasteiger partial charge on any atom is 0.254 e.